The van der Waals surface area contributed by atoms with Gasteiger partial charge in [0.15, 0.2) is 31.3 Å². The van der Waals surface area contributed by atoms with E-state index in [9.17, 15) is 40.5 Å². The van der Waals surface area contributed by atoms with E-state index in [4.69, 9.17) is 47.4 Å². The van der Waals surface area contributed by atoms with Crippen LogP contribution < -0.4 is 10.1 Å². The lowest BCUT2D eigenvalue weighted by Crippen LogP contribution is -2.66. The predicted molar refractivity (Wildman–Crippen MR) is 261 cm³/mol. The molecule has 10 rings (SSSR count). The fraction of sp³-hybridized carbons (Fsp3) is 0.836. The molecule has 0 aromatic heterocycles. The summed E-state index contributed by atoms with van der Waals surface area (Å²) in [5, 5.41) is 80.7. The van der Waals surface area contributed by atoms with Gasteiger partial charge in [0.2, 0.25) is 0 Å². The van der Waals surface area contributed by atoms with Crippen molar-refractivity contribution in [2.45, 2.75) is 209 Å². The van der Waals surface area contributed by atoms with Crippen molar-refractivity contribution in [1.82, 2.24) is 5.32 Å². The molecular weight excluding hydrogens is 963 g/mol. The minimum Gasteiger partial charge on any atom is -0.484 e. The summed E-state index contributed by atoms with van der Waals surface area (Å²) in [6.07, 6.45) is -10.3. The van der Waals surface area contributed by atoms with Crippen molar-refractivity contribution in [1.29, 1.82) is 0 Å². The van der Waals surface area contributed by atoms with Crippen LogP contribution in [0.3, 0.4) is 0 Å². The maximum absolute atomic E-state index is 12.3. The largest absolute Gasteiger partial charge is 0.484 e. The molecule has 4 aliphatic carbocycles. The topological polar surface area (TPSA) is 263 Å². The number of carbonyl (C=O) groups excluding carboxylic acids is 1. The van der Waals surface area contributed by atoms with Gasteiger partial charge >= 0.3 is 0 Å². The number of fused-ring (bicyclic) bond motifs is 7. The highest BCUT2D eigenvalue weighted by molar-refractivity contribution is 5.77. The zero-order chi connectivity index (χ0) is 52.4. The quantitative estimate of drug-likeness (QED) is 0.0983. The molecule has 74 heavy (non-hydrogen) atoms. The highest BCUT2D eigenvalue weighted by Gasteiger charge is 2.69. The molecule has 1 unspecified atom stereocenters. The van der Waals surface area contributed by atoms with E-state index in [1.54, 1.807) is 31.2 Å². The normalized spacial score (nSPS) is 50.0. The Labute approximate surface area is 434 Å². The molecule has 5 heterocycles. The Balaban J connectivity index is 0.793. The second kappa shape index (κ2) is 22.0. The average molecular weight is 1050 g/mol. The van der Waals surface area contributed by atoms with Crippen LogP contribution in [-0.2, 0) is 47.4 Å². The number of carbonyl (C=O) groups is 1. The molecular formula is C55H83NO18. The predicted octanol–water partition coefficient (Wildman–Crippen LogP) is 2.46. The van der Waals surface area contributed by atoms with Crippen LogP contribution in [0.2, 0.25) is 0 Å². The van der Waals surface area contributed by atoms with Crippen molar-refractivity contribution in [2.75, 3.05) is 33.0 Å². The highest BCUT2D eigenvalue weighted by atomic mass is 16.8. The van der Waals surface area contributed by atoms with Gasteiger partial charge in [-0.25, -0.2) is 0 Å². The first kappa shape index (κ1) is 54.9. The molecule has 9 aliphatic rings. The first-order chi connectivity index (χ1) is 35.3. The van der Waals surface area contributed by atoms with Gasteiger partial charge in [0.05, 0.1) is 44.2 Å². The van der Waals surface area contributed by atoms with E-state index in [0.717, 1.165) is 51.6 Å². The van der Waals surface area contributed by atoms with Crippen LogP contribution in [0.5, 0.6) is 5.75 Å². The molecule has 1 amide bonds. The van der Waals surface area contributed by atoms with Gasteiger partial charge in [-0.3, -0.25) is 4.79 Å². The first-order valence-electron chi connectivity index (χ1n) is 27.5. The SMILES string of the molecule is C[C@H]1CC[C@@]2(OC1)O[C@H]1CC3[C@@H]4CC=C5C[C@@H](O[C@@H]6O[C@H](CO)[C@@H](O[C@H]7O[C@H](C)[C@@H](OCCNC(=O)COc8ccccc8)[C@H](O)[C@@H]7O)[C@H](O)[C@H]6O[C@H]6O[C@H](C)[C@@H](O)[C@H](O)[C@@H]6O)CC[C@]5(C)[C@H]4CC[C@]3(C)[C@H]1[C@@H]2C. The minimum atomic E-state index is -1.73. The fourth-order valence-corrected chi connectivity index (χ4v) is 15.3. The lowest BCUT2D eigenvalue weighted by Gasteiger charge is -2.58. The molecule has 5 aliphatic heterocycles. The molecule has 416 valence electrons. The zero-order valence-electron chi connectivity index (χ0n) is 43.8. The minimum absolute atomic E-state index is 0.0303. The second-order valence-electron chi connectivity index (χ2n) is 23.9. The summed E-state index contributed by atoms with van der Waals surface area (Å²) in [6.45, 7) is 12.7. The van der Waals surface area contributed by atoms with Crippen molar-refractivity contribution in [2.24, 2.45) is 46.3 Å². The van der Waals surface area contributed by atoms with Crippen LogP contribution in [0.15, 0.2) is 42.0 Å². The van der Waals surface area contributed by atoms with Gasteiger partial charge in [0, 0.05) is 18.9 Å². The number of amides is 1. The molecule has 1 aromatic rings. The number of hydrogen-bond donors (Lipinski definition) is 8. The van der Waals surface area contributed by atoms with Gasteiger partial charge < -0.3 is 88.4 Å². The summed E-state index contributed by atoms with van der Waals surface area (Å²) < 4.78 is 62.5. The smallest absolute Gasteiger partial charge is 0.258 e. The summed E-state index contributed by atoms with van der Waals surface area (Å²) >= 11 is 0. The van der Waals surface area contributed by atoms with E-state index in [0.29, 0.717) is 54.1 Å². The van der Waals surface area contributed by atoms with E-state index in [1.807, 2.05) is 6.07 Å². The molecule has 1 aromatic carbocycles. The molecule has 1 spiro atoms. The van der Waals surface area contributed by atoms with Crippen molar-refractivity contribution < 1.29 is 87.9 Å². The van der Waals surface area contributed by atoms with E-state index in [-0.39, 0.29) is 48.7 Å². The summed E-state index contributed by atoms with van der Waals surface area (Å²) in [7, 11) is 0. The summed E-state index contributed by atoms with van der Waals surface area (Å²) in [6, 6.07) is 8.90. The van der Waals surface area contributed by atoms with Crippen LogP contribution in [0, 0.1) is 46.3 Å². The van der Waals surface area contributed by atoms with Gasteiger partial charge in [-0.1, -0.05) is 57.5 Å². The van der Waals surface area contributed by atoms with Crippen LogP contribution in [-0.4, -0.2) is 185 Å². The molecule has 0 radical (unpaired) electrons. The Bertz CT molecular complexity index is 2100. The van der Waals surface area contributed by atoms with Crippen molar-refractivity contribution in [3.05, 3.63) is 42.0 Å². The summed E-state index contributed by atoms with van der Waals surface area (Å²) in [5.41, 5.74) is 1.48. The number of aliphatic hydroxyl groups excluding tert-OH is 7. The number of allylic oxidation sites excluding steroid dienone is 1. The Morgan fingerprint density at radius 3 is 2.22 bits per heavy atom. The lowest BCUT2D eigenvalue weighted by atomic mass is 9.47. The van der Waals surface area contributed by atoms with E-state index < -0.39 is 105 Å². The number of nitrogens with one attached hydrogen (secondary N) is 1. The molecule has 5 saturated heterocycles. The first-order valence-corrected chi connectivity index (χ1v) is 27.5. The summed E-state index contributed by atoms with van der Waals surface area (Å²) in [4.78, 5) is 12.3. The molecule has 0 bridgehead atoms. The maximum atomic E-state index is 12.3. The zero-order valence-corrected chi connectivity index (χ0v) is 43.8. The average Bonchev–Trinajstić information content (AvgIpc) is 3.88. The Hall–Kier alpha value is -2.41. The molecule has 8 fully saturated rings. The molecule has 8 N–H and O–H groups in total. The number of rotatable bonds is 14. The lowest BCUT2D eigenvalue weighted by molar-refractivity contribution is -0.389. The monoisotopic (exact) mass is 1050 g/mol. The van der Waals surface area contributed by atoms with Gasteiger partial charge in [-0.05, 0) is 118 Å². The van der Waals surface area contributed by atoms with E-state index in [2.05, 4.69) is 39.1 Å². The third-order valence-electron chi connectivity index (χ3n) is 19.5. The van der Waals surface area contributed by atoms with Gasteiger partial charge in [0.25, 0.3) is 5.91 Å². The number of benzene rings is 1. The number of ether oxygens (including phenoxy) is 10. The van der Waals surface area contributed by atoms with E-state index in [1.165, 1.54) is 12.5 Å². The van der Waals surface area contributed by atoms with Crippen molar-refractivity contribution >= 4 is 5.91 Å². The van der Waals surface area contributed by atoms with Crippen LogP contribution >= 0.6 is 0 Å². The highest BCUT2D eigenvalue weighted by Crippen LogP contribution is 2.70. The third-order valence-corrected chi connectivity index (χ3v) is 19.5. The molecule has 3 saturated carbocycles. The second-order valence-corrected chi connectivity index (χ2v) is 23.9. The Kier molecular flexibility index (Phi) is 16.3. The third kappa shape index (κ3) is 10.2. The Morgan fingerprint density at radius 1 is 0.757 bits per heavy atom. The van der Waals surface area contributed by atoms with Crippen molar-refractivity contribution in [3.8, 4) is 5.75 Å². The van der Waals surface area contributed by atoms with Gasteiger partial charge in [-0.15, -0.1) is 0 Å². The molecule has 19 nitrogen and oxygen atoms in total. The number of para-hydroxylation sites is 1. The fourth-order valence-electron chi connectivity index (χ4n) is 15.3. The summed E-state index contributed by atoms with van der Waals surface area (Å²) in [5.74, 6) is 2.70. The number of aliphatic hydroxyl groups is 7. The van der Waals surface area contributed by atoms with Crippen LogP contribution in [0.1, 0.15) is 99.3 Å². The maximum Gasteiger partial charge on any atom is 0.258 e. The molecule has 26 atom stereocenters. The van der Waals surface area contributed by atoms with Crippen LogP contribution in [0.25, 0.3) is 0 Å². The number of hydrogen-bond acceptors (Lipinski definition) is 18. The standard InChI is InChI=1S/C55H83NO18/c1-27-14-19-55(67-25-27)28(2)40-37(74-55)23-36-34-13-12-31-22-33(15-17-53(31,5)35(34)16-18-54(36,40)6)70-52-49(73-50-44(62)42(60)41(59)29(3)68-50)46(64)48(38(24-57)71-52)72-51-45(63)43(61)47(30(4)69-51)65-21-20-56-39(58)26-66-32-10-8-7-9-11-32/h7-12,27-30,33-38,40-52,57,59-64H,13-26H2,1-6H3,(H,56,58)/t27-,28-,29+,30+,33-,34+,35-,36?,37-,38+,40-,41+,42-,43+,44-,45-,46-,47+,48+,49+,50+,51+,52+,53-,54-,55+/m0/s1. The van der Waals surface area contributed by atoms with Crippen molar-refractivity contribution in [3.63, 3.8) is 0 Å². The van der Waals surface area contributed by atoms with Gasteiger partial charge in [0.1, 0.15) is 66.8 Å². The van der Waals surface area contributed by atoms with E-state index >= 15 is 0 Å². The van der Waals surface area contributed by atoms with Gasteiger partial charge in [-0.2, -0.15) is 0 Å². The van der Waals surface area contributed by atoms with Crippen LogP contribution in [0.4, 0.5) is 0 Å². The Morgan fingerprint density at radius 2 is 1.49 bits per heavy atom. The molecule has 19 heteroatoms.